The van der Waals surface area contributed by atoms with Crippen LogP contribution in [0.25, 0.3) is 0 Å². The van der Waals surface area contributed by atoms with Gasteiger partial charge in [-0.1, -0.05) is 6.92 Å². The molecule has 0 amide bonds. The van der Waals surface area contributed by atoms with Gasteiger partial charge < -0.3 is 15.0 Å². The first-order chi connectivity index (χ1) is 8.28. The van der Waals surface area contributed by atoms with Gasteiger partial charge in [0, 0.05) is 32.2 Å². The molecule has 0 aromatic carbocycles. The lowest BCUT2D eigenvalue weighted by Gasteiger charge is -2.34. The fraction of sp³-hybridized carbons (Fsp3) is 1.00. The van der Waals surface area contributed by atoms with Crippen LogP contribution in [0.15, 0.2) is 0 Å². The van der Waals surface area contributed by atoms with E-state index < -0.39 is 0 Å². The number of likely N-dealkylation sites (N-methyl/N-ethyl adjacent to an activating group) is 2. The zero-order valence-corrected chi connectivity index (χ0v) is 11.3. The SMILES string of the molecule is CCN1CCOC(CN(C)CC2CCCN2)C1. The van der Waals surface area contributed by atoms with Crippen LogP contribution in [-0.2, 0) is 4.74 Å². The molecule has 4 heteroatoms. The van der Waals surface area contributed by atoms with Gasteiger partial charge in [-0.15, -0.1) is 0 Å². The first-order valence-corrected chi connectivity index (χ1v) is 7.04. The number of rotatable bonds is 5. The van der Waals surface area contributed by atoms with Gasteiger partial charge in [-0.2, -0.15) is 0 Å². The van der Waals surface area contributed by atoms with Crippen LogP contribution in [0.3, 0.4) is 0 Å². The van der Waals surface area contributed by atoms with Crippen molar-refractivity contribution in [3.63, 3.8) is 0 Å². The number of hydrogen-bond donors (Lipinski definition) is 1. The number of nitrogens with zero attached hydrogens (tertiary/aromatic N) is 2. The molecule has 0 aromatic rings. The van der Waals surface area contributed by atoms with E-state index in [9.17, 15) is 0 Å². The lowest BCUT2D eigenvalue weighted by Crippen LogP contribution is -2.48. The van der Waals surface area contributed by atoms with Crippen molar-refractivity contribution in [1.82, 2.24) is 15.1 Å². The van der Waals surface area contributed by atoms with Gasteiger partial charge >= 0.3 is 0 Å². The molecule has 2 fully saturated rings. The van der Waals surface area contributed by atoms with E-state index in [1.807, 2.05) is 0 Å². The standard InChI is InChI=1S/C13H27N3O/c1-3-16-7-8-17-13(11-16)10-15(2)9-12-5-4-6-14-12/h12-14H,3-11H2,1-2H3. The van der Waals surface area contributed by atoms with Gasteiger partial charge in [-0.05, 0) is 33.0 Å². The fourth-order valence-corrected chi connectivity index (χ4v) is 2.89. The summed E-state index contributed by atoms with van der Waals surface area (Å²) in [5.41, 5.74) is 0. The van der Waals surface area contributed by atoms with Gasteiger partial charge in [-0.25, -0.2) is 0 Å². The fourth-order valence-electron chi connectivity index (χ4n) is 2.89. The Kier molecular flexibility index (Phi) is 5.22. The summed E-state index contributed by atoms with van der Waals surface area (Å²) in [6.45, 7) is 9.89. The molecule has 2 saturated heterocycles. The Morgan fingerprint density at radius 1 is 1.41 bits per heavy atom. The molecule has 0 bridgehead atoms. The van der Waals surface area contributed by atoms with E-state index in [0.717, 1.165) is 39.3 Å². The highest BCUT2D eigenvalue weighted by Gasteiger charge is 2.22. The van der Waals surface area contributed by atoms with E-state index in [1.165, 1.54) is 19.4 Å². The maximum absolute atomic E-state index is 5.84. The average Bonchev–Trinajstić information content (AvgIpc) is 2.82. The molecule has 0 radical (unpaired) electrons. The van der Waals surface area contributed by atoms with Gasteiger partial charge in [0.1, 0.15) is 0 Å². The molecule has 0 aliphatic carbocycles. The molecule has 4 nitrogen and oxygen atoms in total. The highest BCUT2D eigenvalue weighted by atomic mass is 16.5. The van der Waals surface area contributed by atoms with Crippen molar-refractivity contribution < 1.29 is 4.74 Å². The van der Waals surface area contributed by atoms with E-state index in [-0.39, 0.29) is 0 Å². The molecule has 2 rings (SSSR count). The Morgan fingerprint density at radius 3 is 3.00 bits per heavy atom. The Labute approximate surface area is 105 Å². The summed E-state index contributed by atoms with van der Waals surface area (Å²) in [4.78, 5) is 4.91. The van der Waals surface area contributed by atoms with Crippen molar-refractivity contribution in [1.29, 1.82) is 0 Å². The van der Waals surface area contributed by atoms with E-state index in [2.05, 4.69) is 29.1 Å². The second kappa shape index (κ2) is 6.69. The van der Waals surface area contributed by atoms with Gasteiger partial charge in [0.05, 0.1) is 12.7 Å². The summed E-state index contributed by atoms with van der Waals surface area (Å²) < 4.78 is 5.84. The summed E-state index contributed by atoms with van der Waals surface area (Å²) in [6, 6.07) is 0.700. The van der Waals surface area contributed by atoms with Gasteiger partial charge in [0.15, 0.2) is 0 Å². The van der Waals surface area contributed by atoms with Crippen molar-refractivity contribution in [3.8, 4) is 0 Å². The second-order valence-corrected chi connectivity index (χ2v) is 5.40. The van der Waals surface area contributed by atoms with Crippen LogP contribution in [0.2, 0.25) is 0 Å². The summed E-state index contributed by atoms with van der Waals surface area (Å²) in [7, 11) is 2.22. The number of hydrogen-bond acceptors (Lipinski definition) is 4. The van der Waals surface area contributed by atoms with Gasteiger partial charge in [0.25, 0.3) is 0 Å². The quantitative estimate of drug-likeness (QED) is 0.754. The minimum atomic E-state index is 0.398. The zero-order chi connectivity index (χ0) is 12.1. The van der Waals surface area contributed by atoms with E-state index in [0.29, 0.717) is 12.1 Å². The first kappa shape index (κ1) is 13.3. The summed E-state index contributed by atoms with van der Waals surface area (Å²) >= 11 is 0. The molecule has 2 aliphatic rings. The second-order valence-electron chi connectivity index (χ2n) is 5.40. The molecular weight excluding hydrogens is 214 g/mol. The Hall–Kier alpha value is -0.160. The maximum Gasteiger partial charge on any atom is 0.0829 e. The minimum absolute atomic E-state index is 0.398. The van der Waals surface area contributed by atoms with Crippen molar-refractivity contribution in [3.05, 3.63) is 0 Å². The van der Waals surface area contributed by atoms with Crippen LogP contribution in [-0.4, -0.2) is 74.9 Å². The first-order valence-electron chi connectivity index (χ1n) is 7.04. The van der Waals surface area contributed by atoms with Crippen molar-refractivity contribution in [2.45, 2.75) is 31.9 Å². The smallest absolute Gasteiger partial charge is 0.0829 e. The third kappa shape index (κ3) is 4.21. The van der Waals surface area contributed by atoms with Crippen LogP contribution >= 0.6 is 0 Å². The molecular formula is C13H27N3O. The molecule has 0 spiro atoms. The third-order valence-electron chi connectivity index (χ3n) is 3.88. The van der Waals surface area contributed by atoms with Crippen molar-refractivity contribution in [2.75, 3.05) is 52.9 Å². The lowest BCUT2D eigenvalue weighted by atomic mass is 10.2. The van der Waals surface area contributed by atoms with Crippen LogP contribution in [0.1, 0.15) is 19.8 Å². The predicted octanol–water partition coefficient (Wildman–Crippen LogP) is 0.391. The van der Waals surface area contributed by atoms with Crippen LogP contribution in [0, 0.1) is 0 Å². The van der Waals surface area contributed by atoms with Crippen molar-refractivity contribution >= 4 is 0 Å². The van der Waals surface area contributed by atoms with Crippen LogP contribution < -0.4 is 5.32 Å². The van der Waals surface area contributed by atoms with E-state index in [1.54, 1.807) is 0 Å². The molecule has 2 aliphatic heterocycles. The summed E-state index contributed by atoms with van der Waals surface area (Å²) in [6.07, 6.45) is 3.06. The highest BCUT2D eigenvalue weighted by molar-refractivity contribution is 4.79. The zero-order valence-electron chi connectivity index (χ0n) is 11.3. The summed E-state index contributed by atoms with van der Waals surface area (Å²) in [5, 5.41) is 3.55. The van der Waals surface area contributed by atoms with Crippen LogP contribution in [0.5, 0.6) is 0 Å². The molecule has 100 valence electrons. The van der Waals surface area contributed by atoms with Crippen LogP contribution in [0.4, 0.5) is 0 Å². The normalized spacial score (nSPS) is 31.2. The molecule has 0 aromatic heterocycles. The van der Waals surface area contributed by atoms with E-state index >= 15 is 0 Å². The minimum Gasteiger partial charge on any atom is -0.374 e. The van der Waals surface area contributed by atoms with Gasteiger partial charge in [0.2, 0.25) is 0 Å². The molecule has 2 heterocycles. The monoisotopic (exact) mass is 241 g/mol. The number of morpholine rings is 1. The highest BCUT2D eigenvalue weighted by Crippen LogP contribution is 2.09. The molecule has 0 saturated carbocycles. The third-order valence-corrected chi connectivity index (χ3v) is 3.88. The van der Waals surface area contributed by atoms with Crippen molar-refractivity contribution in [2.24, 2.45) is 0 Å². The van der Waals surface area contributed by atoms with E-state index in [4.69, 9.17) is 4.74 Å². The molecule has 17 heavy (non-hydrogen) atoms. The average molecular weight is 241 g/mol. The lowest BCUT2D eigenvalue weighted by molar-refractivity contribution is -0.0394. The maximum atomic E-state index is 5.84. The number of ether oxygens (including phenoxy) is 1. The molecule has 2 atom stereocenters. The molecule has 1 N–H and O–H groups in total. The number of nitrogens with one attached hydrogen (secondary N) is 1. The Bertz CT molecular complexity index is 219. The molecule has 2 unspecified atom stereocenters. The largest absolute Gasteiger partial charge is 0.374 e. The Balaban J connectivity index is 1.68. The van der Waals surface area contributed by atoms with Gasteiger partial charge in [-0.3, -0.25) is 4.90 Å². The topological polar surface area (TPSA) is 27.7 Å². The Morgan fingerprint density at radius 2 is 2.29 bits per heavy atom. The summed E-state index contributed by atoms with van der Waals surface area (Å²) in [5.74, 6) is 0. The predicted molar refractivity (Wildman–Crippen MR) is 70.4 cm³/mol.